The SMILES string of the molecule is CCCOC(=O)c1cccc(OC(=O)c2ccc(C)cc2)c1. The van der Waals surface area contributed by atoms with Crippen LogP contribution >= 0.6 is 0 Å². The lowest BCUT2D eigenvalue weighted by Gasteiger charge is -2.07. The number of hydrogen-bond donors (Lipinski definition) is 0. The lowest BCUT2D eigenvalue weighted by Crippen LogP contribution is -2.10. The third-order valence-corrected chi connectivity index (χ3v) is 3.00. The van der Waals surface area contributed by atoms with Crippen molar-refractivity contribution in [2.75, 3.05) is 6.61 Å². The predicted octanol–water partition coefficient (Wildman–Crippen LogP) is 3.78. The van der Waals surface area contributed by atoms with Gasteiger partial charge in [-0.25, -0.2) is 9.59 Å². The molecule has 0 aromatic heterocycles. The van der Waals surface area contributed by atoms with Crippen molar-refractivity contribution < 1.29 is 19.1 Å². The Balaban J connectivity index is 2.08. The zero-order valence-corrected chi connectivity index (χ0v) is 12.7. The number of rotatable bonds is 5. The van der Waals surface area contributed by atoms with Gasteiger partial charge in [-0.1, -0.05) is 30.7 Å². The molecule has 0 aliphatic heterocycles. The molecule has 0 aliphatic rings. The Morgan fingerprint density at radius 2 is 1.68 bits per heavy atom. The molecule has 114 valence electrons. The molecule has 0 bridgehead atoms. The van der Waals surface area contributed by atoms with E-state index in [1.807, 2.05) is 26.0 Å². The van der Waals surface area contributed by atoms with E-state index in [0.29, 0.717) is 23.5 Å². The predicted molar refractivity (Wildman–Crippen MR) is 83.2 cm³/mol. The summed E-state index contributed by atoms with van der Waals surface area (Å²) in [5.41, 5.74) is 1.89. The molecule has 2 rings (SSSR count). The summed E-state index contributed by atoms with van der Waals surface area (Å²) >= 11 is 0. The van der Waals surface area contributed by atoms with Crippen molar-refractivity contribution in [2.24, 2.45) is 0 Å². The molecule has 0 spiro atoms. The van der Waals surface area contributed by atoms with Crippen molar-refractivity contribution in [1.82, 2.24) is 0 Å². The van der Waals surface area contributed by atoms with Crippen molar-refractivity contribution >= 4 is 11.9 Å². The summed E-state index contributed by atoms with van der Waals surface area (Å²) in [6, 6.07) is 13.5. The average molecular weight is 298 g/mol. The largest absolute Gasteiger partial charge is 0.462 e. The average Bonchev–Trinajstić information content (AvgIpc) is 2.53. The second kappa shape index (κ2) is 7.41. The van der Waals surface area contributed by atoms with E-state index in [0.717, 1.165) is 12.0 Å². The van der Waals surface area contributed by atoms with Gasteiger partial charge in [0.25, 0.3) is 0 Å². The molecule has 2 aromatic carbocycles. The Morgan fingerprint density at radius 1 is 0.955 bits per heavy atom. The molecule has 4 nitrogen and oxygen atoms in total. The van der Waals surface area contributed by atoms with Gasteiger partial charge in [-0.15, -0.1) is 0 Å². The van der Waals surface area contributed by atoms with Crippen LogP contribution in [0.5, 0.6) is 5.75 Å². The van der Waals surface area contributed by atoms with Gasteiger partial charge in [0, 0.05) is 0 Å². The number of esters is 2. The molecule has 0 radical (unpaired) electrons. The van der Waals surface area contributed by atoms with Crippen molar-refractivity contribution in [1.29, 1.82) is 0 Å². The zero-order chi connectivity index (χ0) is 15.9. The van der Waals surface area contributed by atoms with E-state index in [4.69, 9.17) is 9.47 Å². The molecule has 0 heterocycles. The minimum absolute atomic E-state index is 0.316. The highest BCUT2D eigenvalue weighted by molar-refractivity contribution is 5.92. The molecule has 0 N–H and O–H groups in total. The first kappa shape index (κ1) is 15.8. The van der Waals surface area contributed by atoms with Crippen molar-refractivity contribution in [3.63, 3.8) is 0 Å². The maximum absolute atomic E-state index is 12.0. The van der Waals surface area contributed by atoms with Gasteiger partial charge < -0.3 is 9.47 Å². The van der Waals surface area contributed by atoms with Crippen LogP contribution in [0, 0.1) is 6.92 Å². The van der Waals surface area contributed by atoms with Crippen LogP contribution in [0.4, 0.5) is 0 Å². The van der Waals surface area contributed by atoms with Gasteiger partial charge in [0.15, 0.2) is 0 Å². The maximum Gasteiger partial charge on any atom is 0.343 e. The fraction of sp³-hybridized carbons (Fsp3) is 0.222. The van der Waals surface area contributed by atoms with E-state index in [9.17, 15) is 9.59 Å². The molecule has 0 saturated heterocycles. The Hall–Kier alpha value is -2.62. The van der Waals surface area contributed by atoms with E-state index in [1.54, 1.807) is 30.3 Å². The van der Waals surface area contributed by atoms with Crippen LogP contribution in [-0.2, 0) is 4.74 Å². The Kier molecular flexibility index (Phi) is 5.31. The summed E-state index contributed by atoms with van der Waals surface area (Å²) in [6.45, 7) is 4.24. The van der Waals surface area contributed by atoms with E-state index in [-0.39, 0.29) is 0 Å². The second-order valence-electron chi connectivity index (χ2n) is 4.92. The van der Waals surface area contributed by atoms with Crippen molar-refractivity contribution in [2.45, 2.75) is 20.3 Å². The van der Waals surface area contributed by atoms with E-state index < -0.39 is 11.9 Å². The molecule has 0 aliphatic carbocycles. The quantitative estimate of drug-likeness (QED) is 0.622. The molecular formula is C18H18O4. The number of carbonyl (C=O) groups excluding carboxylic acids is 2. The van der Waals surface area contributed by atoms with Crippen LogP contribution in [-0.4, -0.2) is 18.5 Å². The molecule has 0 saturated carbocycles. The van der Waals surface area contributed by atoms with Crippen LogP contribution in [0.2, 0.25) is 0 Å². The van der Waals surface area contributed by atoms with Gasteiger partial charge in [0.05, 0.1) is 17.7 Å². The molecule has 0 amide bonds. The van der Waals surface area contributed by atoms with Crippen molar-refractivity contribution in [3.8, 4) is 5.75 Å². The number of aryl methyl sites for hydroxylation is 1. The maximum atomic E-state index is 12.0. The zero-order valence-electron chi connectivity index (χ0n) is 12.7. The fourth-order valence-corrected chi connectivity index (χ4v) is 1.82. The molecule has 22 heavy (non-hydrogen) atoms. The first-order valence-corrected chi connectivity index (χ1v) is 7.16. The van der Waals surface area contributed by atoms with E-state index in [1.165, 1.54) is 6.07 Å². The first-order valence-electron chi connectivity index (χ1n) is 7.16. The highest BCUT2D eigenvalue weighted by Gasteiger charge is 2.11. The topological polar surface area (TPSA) is 52.6 Å². The van der Waals surface area contributed by atoms with Gasteiger partial charge in [0.1, 0.15) is 5.75 Å². The summed E-state index contributed by atoms with van der Waals surface area (Å²) < 4.78 is 10.3. The van der Waals surface area contributed by atoms with Gasteiger partial charge in [0.2, 0.25) is 0 Å². The van der Waals surface area contributed by atoms with E-state index in [2.05, 4.69) is 0 Å². The Morgan fingerprint density at radius 3 is 2.36 bits per heavy atom. The first-order chi connectivity index (χ1) is 10.6. The van der Waals surface area contributed by atoms with Gasteiger partial charge in [-0.3, -0.25) is 0 Å². The number of carbonyl (C=O) groups is 2. The molecule has 0 unspecified atom stereocenters. The highest BCUT2D eigenvalue weighted by atomic mass is 16.5. The highest BCUT2D eigenvalue weighted by Crippen LogP contribution is 2.16. The number of hydrogen-bond acceptors (Lipinski definition) is 4. The van der Waals surface area contributed by atoms with Gasteiger partial charge >= 0.3 is 11.9 Å². The smallest absolute Gasteiger partial charge is 0.343 e. The fourth-order valence-electron chi connectivity index (χ4n) is 1.82. The van der Waals surface area contributed by atoms with Gasteiger partial charge in [-0.2, -0.15) is 0 Å². The lowest BCUT2D eigenvalue weighted by atomic mass is 10.1. The minimum Gasteiger partial charge on any atom is -0.462 e. The monoisotopic (exact) mass is 298 g/mol. The summed E-state index contributed by atoms with van der Waals surface area (Å²) in [5, 5.41) is 0. The second-order valence-corrected chi connectivity index (χ2v) is 4.92. The Labute approximate surface area is 129 Å². The van der Waals surface area contributed by atoms with Crippen molar-refractivity contribution in [3.05, 3.63) is 65.2 Å². The third kappa shape index (κ3) is 4.19. The van der Waals surface area contributed by atoms with E-state index >= 15 is 0 Å². The molecule has 4 heteroatoms. The molecular weight excluding hydrogens is 280 g/mol. The van der Waals surface area contributed by atoms with Crippen LogP contribution in [0.15, 0.2) is 48.5 Å². The third-order valence-electron chi connectivity index (χ3n) is 3.00. The summed E-state index contributed by atoms with van der Waals surface area (Å²) in [5.74, 6) is -0.564. The normalized spacial score (nSPS) is 10.1. The van der Waals surface area contributed by atoms with Crippen LogP contribution in [0.3, 0.4) is 0 Å². The minimum atomic E-state index is -0.459. The summed E-state index contributed by atoms with van der Waals surface area (Å²) in [7, 11) is 0. The summed E-state index contributed by atoms with van der Waals surface area (Å²) in [6.07, 6.45) is 0.758. The molecule has 0 fully saturated rings. The molecule has 2 aromatic rings. The lowest BCUT2D eigenvalue weighted by molar-refractivity contribution is 0.0503. The standard InChI is InChI=1S/C18H18O4/c1-3-11-21-17(19)15-5-4-6-16(12-15)22-18(20)14-9-7-13(2)8-10-14/h4-10,12H,3,11H2,1-2H3. The Bertz CT molecular complexity index is 659. The van der Waals surface area contributed by atoms with Crippen LogP contribution < -0.4 is 4.74 Å². The summed E-state index contributed by atoms with van der Waals surface area (Å²) in [4.78, 5) is 23.8. The van der Waals surface area contributed by atoms with Crippen LogP contribution in [0.25, 0.3) is 0 Å². The van der Waals surface area contributed by atoms with Gasteiger partial charge in [-0.05, 0) is 43.7 Å². The number of ether oxygens (including phenoxy) is 2. The van der Waals surface area contributed by atoms with Crippen LogP contribution in [0.1, 0.15) is 39.6 Å². The number of benzene rings is 2. The molecule has 0 atom stereocenters.